The third kappa shape index (κ3) is 3.82. The quantitative estimate of drug-likeness (QED) is 0.737. The minimum absolute atomic E-state index is 0.0199. The molecule has 16 heavy (non-hydrogen) atoms. The van der Waals surface area contributed by atoms with Crippen molar-refractivity contribution in [2.45, 2.75) is 51.6 Å². The van der Waals surface area contributed by atoms with E-state index in [4.69, 9.17) is 11.0 Å². The molecule has 0 aromatic heterocycles. The largest absolute Gasteiger partial charge is 0.337 e. The lowest BCUT2D eigenvalue weighted by Gasteiger charge is -2.25. The average Bonchev–Trinajstić information content (AvgIpc) is 3.01. The van der Waals surface area contributed by atoms with Crippen LogP contribution in [0.2, 0.25) is 0 Å². The van der Waals surface area contributed by atoms with Crippen molar-refractivity contribution in [3.63, 3.8) is 0 Å². The maximum absolute atomic E-state index is 12.1. The number of nitrogens with two attached hydrogens (primary N) is 1. The van der Waals surface area contributed by atoms with Crippen LogP contribution in [-0.4, -0.2) is 29.4 Å². The summed E-state index contributed by atoms with van der Waals surface area (Å²) >= 11 is 0. The second kappa shape index (κ2) is 5.86. The number of carbonyl (C=O) groups is 1. The molecular weight excluding hydrogens is 202 g/mol. The molecule has 1 aliphatic rings. The van der Waals surface area contributed by atoms with Crippen molar-refractivity contribution < 1.29 is 4.79 Å². The van der Waals surface area contributed by atoms with Crippen LogP contribution in [0.4, 0.5) is 0 Å². The second-order valence-electron chi connectivity index (χ2n) is 4.91. The van der Waals surface area contributed by atoms with Crippen LogP contribution >= 0.6 is 0 Å². The lowest BCUT2D eigenvalue weighted by molar-refractivity contribution is -0.133. The van der Waals surface area contributed by atoms with Gasteiger partial charge in [0.2, 0.25) is 5.91 Å². The summed E-state index contributed by atoms with van der Waals surface area (Å²) in [6.45, 7) is 4.65. The summed E-state index contributed by atoms with van der Waals surface area (Å²) in [6, 6.07) is 2.02. The Labute approximate surface area is 97.4 Å². The molecule has 0 heterocycles. The molecule has 4 heteroatoms. The van der Waals surface area contributed by atoms with Gasteiger partial charge in [-0.1, -0.05) is 13.8 Å². The fourth-order valence-electron chi connectivity index (χ4n) is 1.85. The molecule has 0 saturated heterocycles. The van der Waals surface area contributed by atoms with E-state index in [-0.39, 0.29) is 5.91 Å². The Bertz CT molecular complexity index is 278. The Balaban J connectivity index is 2.49. The summed E-state index contributed by atoms with van der Waals surface area (Å²) < 4.78 is 0. The van der Waals surface area contributed by atoms with Gasteiger partial charge in [-0.05, 0) is 25.2 Å². The maximum atomic E-state index is 12.1. The molecule has 1 fully saturated rings. The average molecular weight is 223 g/mol. The van der Waals surface area contributed by atoms with Crippen molar-refractivity contribution in [1.82, 2.24) is 4.90 Å². The van der Waals surface area contributed by atoms with Crippen molar-refractivity contribution in [3.8, 4) is 6.07 Å². The number of hydrogen-bond donors (Lipinski definition) is 1. The molecule has 1 amide bonds. The Morgan fingerprint density at radius 2 is 2.19 bits per heavy atom. The molecule has 0 unspecified atom stereocenters. The zero-order chi connectivity index (χ0) is 12.1. The highest BCUT2D eigenvalue weighted by Crippen LogP contribution is 2.27. The molecule has 0 aromatic carbocycles. The Morgan fingerprint density at radius 1 is 1.56 bits per heavy atom. The lowest BCUT2D eigenvalue weighted by Crippen LogP contribution is -2.45. The fourth-order valence-corrected chi connectivity index (χ4v) is 1.85. The molecule has 0 aliphatic heterocycles. The second-order valence-corrected chi connectivity index (χ2v) is 4.91. The first-order valence-electron chi connectivity index (χ1n) is 5.99. The standard InChI is InChI=1S/C12H21N3O/c1-9(2)8-11(14)12(16)15(7-3-6-13)10-4-5-10/h9-11H,3-5,7-8,14H2,1-2H3/t11-/m1/s1. The molecule has 1 rings (SSSR count). The number of hydrogen-bond acceptors (Lipinski definition) is 3. The van der Waals surface area contributed by atoms with Gasteiger partial charge < -0.3 is 10.6 Å². The van der Waals surface area contributed by atoms with Crippen LogP contribution in [-0.2, 0) is 4.79 Å². The topological polar surface area (TPSA) is 70.1 Å². The number of carbonyl (C=O) groups excluding carboxylic acids is 1. The normalized spacial score (nSPS) is 16.9. The van der Waals surface area contributed by atoms with Crippen LogP contribution in [0.25, 0.3) is 0 Å². The smallest absolute Gasteiger partial charge is 0.239 e. The molecular formula is C12H21N3O. The molecule has 4 nitrogen and oxygen atoms in total. The van der Waals surface area contributed by atoms with Crippen molar-refractivity contribution >= 4 is 5.91 Å². The van der Waals surface area contributed by atoms with Gasteiger partial charge in [-0.3, -0.25) is 4.79 Å². The molecule has 90 valence electrons. The van der Waals surface area contributed by atoms with Gasteiger partial charge in [-0.15, -0.1) is 0 Å². The third-order valence-corrected chi connectivity index (χ3v) is 2.78. The zero-order valence-corrected chi connectivity index (χ0v) is 10.1. The number of amides is 1. The fraction of sp³-hybridized carbons (Fsp3) is 0.833. The summed E-state index contributed by atoms with van der Waals surface area (Å²) in [5.74, 6) is 0.447. The van der Waals surface area contributed by atoms with Crippen LogP contribution in [0, 0.1) is 17.2 Å². The predicted octanol–water partition coefficient (Wildman–Crippen LogP) is 1.26. The molecule has 0 aromatic rings. The monoisotopic (exact) mass is 223 g/mol. The van der Waals surface area contributed by atoms with Crippen LogP contribution in [0.15, 0.2) is 0 Å². The first-order valence-corrected chi connectivity index (χ1v) is 5.99. The summed E-state index contributed by atoms with van der Waals surface area (Å²) in [5, 5.41) is 8.56. The van der Waals surface area contributed by atoms with E-state index in [9.17, 15) is 4.79 Å². The maximum Gasteiger partial charge on any atom is 0.239 e. The molecule has 1 aliphatic carbocycles. The van der Waals surface area contributed by atoms with Crippen molar-refractivity contribution in [3.05, 3.63) is 0 Å². The highest BCUT2D eigenvalue weighted by Gasteiger charge is 2.34. The van der Waals surface area contributed by atoms with E-state index in [0.717, 1.165) is 12.8 Å². The number of nitriles is 1. The van der Waals surface area contributed by atoms with Gasteiger partial charge in [0.1, 0.15) is 0 Å². The van der Waals surface area contributed by atoms with E-state index in [1.807, 2.05) is 0 Å². The van der Waals surface area contributed by atoms with Crippen LogP contribution in [0.5, 0.6) is 0 Å². The van der Waals surface area contributed by atoms with Gasteiger partial charge in [0, 0.05) is 12.6 Å². The SMILES string of the molecule is CC(C)C[C@@H](N)C(=O)N(CCC#N)C1CC1. The summed E-state index contributed by atoms with van der Waals surface area (Å²) in [5.41, 5.74) is 5.88. The minimum atomic E-state index is -0.403. The Morgan fingerprint density at radius 3 is 2.62 bits per heavy atom. The van der Waals surface area contributed by atoms with E-state index in [1.165, 1.54) is 0 Å². The highest BCUT2D eigenvalue weighted by molar-refractivity contribution is 5.82. The summed E-state index contributed by atoms with van der Waals surface area (Å²) in [7, 11) is 0. The van der Waals surface area contributed by atoms with Crippen molar-refractivity contribution in [2.75, 3.05) is 6.54 Å². The van der Waals surface area contributed by atoms with Crippen molar-refractivity contribution in [1.29, 1.82) is 5.26 Å². The number of rotatable bonds is 6. The summed E-state index contributed by atoms with van der Waals surface area (Å²) in [4.78, 5) is 13.9. The van der Waals surface area contributed by atoms with Crippen LogP contribution in [0.3, 0.4) is 0 Å². The number of nitrogens with zero attached hydrogens (tertiary/aromatic N) is 2. The molecule has 1 saturated carbocycles. The van der Waals surface area contributed by atoms with Gasteiger partial charge in [0.15, 0.2) is 0 Å². The third-order valence-electron chi connectivity index (χ3n) is 2.78. The Hall–Kier alpha value is -1.08. The van der Waals surface area contributed by atoms with Crippen molar-refractivity contribution in [2.24, 2.45) is 11.7 Å². The molecule has 0 spiro atoms. The van der Waals surface area contributed by atoms with E-state index in [2.05, 4.69) is 19.9 Å². The first kappa shape index (κ1) is 13.0. The minimum Gasteiger partial charge on any atom is -0.337 e. The van der Waals surface area contributed by atoms with Gasteiger partial charge in [0.25, 0.3) is 0 Å². The zero-order valence-electron chi connectivity index (χ0n) is 10.1. The predicted molar refractivity (Wildman–Crippen MR) is 62.4 cm³/mol. The van der Waals surface area contributed by atoms with Gasteiger partial charge in [-0.25, -0.2) is 0 Å². The van der Waals surface area contributed by atoms with Gasteiger partial charge in [-0.2, -0.15) is 5.26 Å². The van der Waals surface area contributed by atoms with E-state index in [1.54, 1.807) is 4.90 Å². The van der Waals surface area contributed by atoms with Crippen LogP contribution < -0.4 is 5.73 Å². The first-order chi connectivity index (χ1) is 7.56. The van der Waals surface area contributed by atoms with E-state index in [0.29, 0.717) is 31.3 Å². The molecule has 2 N–H and O–H groups in total. The van der Waals surface area contributed by atoms with E-state index < -0.39 is 6.04 Å². The molecule has 0 bridgehead atoms. The summed E-state index contributed by atoms with van der Waals surface area (Å²) in [6.07, 6.45) is 3.24. The highest BCUT2D eigenvalue weighted by atomic mass is 16.2. The lowest BCUT2D eigenvalue weighted by atomic mass is 10.0. The van der Waals surface area contributed by atoms with Gasteiger partial charge >= 0.3 is 0 Å². The molecule has 0 radical (unpaired) electrons. The molecule has 1 atom stereocenters. The van der Waals surface area contributed by atoms with Gasteiger partial charge in [0.05, 0.1) is 18.5 Å². The van der Waals surface area contributed by atoms with Crippen LogP contribution in [0.1, 0.15) is 39.5 Å². The Kier molecular flexibility index (Phi) is 4.75. The van der Waals surface area contributed by atoms with E-state index >= 15 is 0 Å².